The lowest BCUT2D eigenvalue weighted by molar-refractivity contribution is 0.214. The first kappa shape index (κ1) is 9.52. The zero-order valence-corrected chi connectivity index (χ0v) is 7.20. The molecule has 0 aliphatic heterocycles. The molecule has 4 heteroatoms. The molecule has 0 heterocycles. The number of nitrogens with zero attached hydrogens (tertiary/aromatic N) is 1. The van der Waals surface area contributed by atoms with E-state index in [0.29, 0.717) is 0 Å². The van der Waals surface area contributed by atoms with Crippen LogP contribution in [0.5, 0.6) is 0 Å². The van der Waals surface area contributed by atoms with E-state index in [9.17, 15) is 0 Å². The van der Waals surface area contributed by atoms with E-state index in [1.165, 1.54) is 18.0 Å². The van der Waals surface area contributed by atoms with Gasteiger partial charge in [0.1, 0.15) is 0 Å². The third-order valence-corrected chi connectivity index (χ3v) is 1.96. The number of hydroxylamine groups is 1. The van der Waals surface area contributed by atoms with Crippen LogP contribution in [-0.4, -0.2) is 24.2 Å². The molecule has 10 heavy (non-hydrogen) atoms. The molecule has 0 fully saturated rings. The molecule has 0 rings (SSSR count). The molecule has 58 valence electrons. The fourth-order valence-electron chi connectivity index (χ4n) is 0.480. The smallest absolute Gasteiger partial charge is 0.0464 e. The van der Waals surface area contributed by atoms with E-state index >= 15 is 0 Å². The van der Waals surface area contributed by atoms with Crippen molar-refractivity contribution in [1.29, 1.82) is 0 Å². The van der Waals surface area contributed by atoms with Crippen molar-refractivity contribution in [3.63, 3.8) is 0 Å². The highest BCUT2D eigenvalue weighted by molar-refractivity contribution is 8.03. The average molecular weight is 160 g/mol. The van der Waals surface area contributed by atoms with Gasteiger partial charge in [-0.05, 0) is 13.2 Å². The quantitative estimate of drug-likeness (QED) is 0.482. The van der Waals surface area contributed by atoms with E-state index in [2.05, 4.69) is 4.99 Å². The second kappa shape index (κ2) is 5.32. The maximum absolute atomic E-state index is 8.32. The lowest BCUT2D eigenvalue weighted by Crippen LogP contribution is -2.01. The maximum Gasteiger partial charge on any atom is 0.0464 e. The molecule has 2 N–H and O–H groups in total. The topological polar surface area (TPSA) is 44.6 Å². The van der Waals surface area contributed by atoms with Gasteiger partial charge in [-0.3, -0.25) is 15.7 Å². The minimum Gasteiger partial charge on any atom is -0.292 e. The number of thioether (sulfide) groups is 1. The number of hydrogen-bond donors (Lipinski definition) is 2. The lowest BCUT2D eigenvalue weighted by atomic mass is 10.4. The molecule has 0 aromatic heterocycles. The Morgan fingerprint density at radius 3 is 2.60 bits per heavy atom. The number of rotatable bonds is 3. The summed E-state index contributed by atoms with van der Waals surface area (Å²) in [5, 5.41) is 8.32. The summed E-state index contributed by atoms with van der Waals surface area (Å²) in [6, 6.07) is 0. The van der Waals surface area contributed by atoms with Gasteiger partial charge in [0, 0.05) is 23.9 Å². The summed E-state index contributed by atoms with van der Waals surface area (Å²) < 4.78 is 0. The summed E-state index contributed by atoms with van der Waals surface area (Å²) in [6.07, 6.45) is 3.44. The minimum atomic E-state index is 0.911. The Kier molecular flexibility index (Phi) is 5.06. The highest BCUT2D eigenvalue weighted by Gasteiger charge is 1.96. The number of nitrogens with one attached hydrogen (secondary N) is 1. The van der Waals surface area contributed by atoms with Gasteiger partial charge in [-0.15, -0.1) is 11.8 Å². The molecule has 0 saturated carbocycles. The summed E-state index contributed by atoms with van der Waals surface area (Å²) in [5.41, 5.74) is 2.88. The summed E-state index contributed by atoms with van der Waals surface area (Å²) in [6.45, 7) is 1.89. The van der Waals surface area contributed by atoms with Crippen LogP contribution in [0.3, 0.4) is 0 Å². The Labute approximate surface area is 65.2 Å². The van der Waals surface area contributed by atoms with Gasteiger partial charge in [-0.2, -0.15) is 0 Å². The summed E-state index contributed by atoms with van der Waals surface area (Å²) in [4.78, 5) is 4.89. The van der Waals surface area contributed by atoms with Crippen molar-refractivity contribution in [2.45, 2.75) is 6.92 Å². The van der Waals surface area contributed by atoms with Crippen LogP contribution in [0.15, 0.2) is 16.1 Å². The molecule has 0 radical (unpaired) electrons. The normalized spacial score (nSPS) is 13.6. The number of aliphatic imine (C=N–C) groups is 1. The summed E-state index contributed by atoms with van der Waals surface area (Å²) >= 11 is 1.53. The Bertz CT molecular complexity index is 154. The molecule has 0 bridgehead atoms. The van der Waals surface area contributed by atoms with Crippen LogP contribution >= 0.6 is 11.8 Å². The summed E-state index contributed by atoms with van der Waals surface area (Å²) in [7, 11) is 1.72. The average Bonchev–Trinajstić information content (AvgIpc) is 1.99. The van der Waals surface area contributed by atoms with E-state index in [-0.39, 0.29) is 0 Å². The Balaban J connectivity index is 4.21. The molecular formula is C6H12N2OS. The van der Waals surface area contributed by atoms with Crippen molar-refractivity contribution in [2.24, 2.45) is 4.99 Å². The third-order valence-electron chi connectivity index (χ3n) is 1.11. The van der Waals surface area contributed by atoms with Crippen LogP contribution in [0.4, 0.5) is 0 Å². The van der Waals surface area contributed by atoms with Gasteiger partial charge in [0.05, 0.1) is 0 Å². The molecule has 0 aliphatic rings. The molecule has 3 nitrogen and oxygen atoms in total. The fraction of sp³-hybridized carbons (Fsp3) is 0.500. The molecule has 0 atom stereocenters. The van der Waals surface area contributed by atoms with Gasteiger partial charge in [-0.1, -0.05) is 0 Å². The molecule has 0 unspecified atom stereocenters. The van der Waals surface area contributed by atoms with Crippen LogP contribution < -0.4 is 5.48 Å². The van der Waals surface area contributed by atoms with Crippen molar-refractivity contribution in [3.05, 3.63) is 11.1 Å². The molecule has 0 spiro atoms. The first-order valence-corrected chi connectivity index (χ1v) is 4.06. The lowest BCUT2D eigenvalue weighted by Gasteiger charge is -2.00. The zero-order chi connectivity index (χ0) is 7.98. The Hall–Kier alpha value is -0.480. The van der Waals surface area contributed by atoms with Crippen LogP contribution in [0.25, 0.3) is 0 Å². The van der Waals surface area contributed by atoms with Gasteiger partial charge in [0.15, 0.2) is 0 Å². The SMILES string of the molecule is CN=C(C)/C(=C/NO)SC. The molecular weight excluding hydrogens is 148 g/mol. The molecule has 0 aromatic rings. The molecule has 0 aliphatic carbocycles. The van der Waals surface area contributed by atoms with Crippen LogP contribution in [-0.2, 0) is 0 Å². The van der Waals surface area contributed by atoms with Gasteiger partial charge in [0.2, 0.25) is 0 Å². The van der Waals surface area contributed by atoms with Crippen molar-refractivity contribution in [3.8, 4) is 0 Å². The van der Waals surface area contributed by atoms with Gasteiger partial charge >= 0.3 is 0 Å². The van der Waals surface area contributed by atoms with Gasteiger partial charge < -0.3 is 0 Å². The van der Waals surface area contributed by atoms with Crippen molar-refractivity contribution in [2.75, 3.05) is 13.3 Å². The van der Waals surface area contributed by atoms with Gasteiger partial charge in [0.25, 0.3) is 0 Å². The maximum atomic E-state index is 8.32. The standard InChI is InChI=1S/C6H12N2OS/c1-5(7-2)6(10-3)4-8-9/h4,8-9H,1-3H3/b6-4-,7-5?. The molecule has 0 aromatic carbocycles. The van der Waals surface area contributed by atoms with E-state index in [4.69, 9.17) is 5.21 Å². The van der Waals surface area contributed by atoms with E-state index in [1.807, 2.05) is 18.7 Å². The summed E-state index contributed by atoms with van der Waals surface area (Å²) in [5.74, 6) is 0. The van der Waals surface area contributed by atoms with E-state index in [0.717, 1.165) is 10.6 Å². The van der Waals surface area contributed by atoms with E-state index < -0.39 is 0 Å². The van der Waals surface area contributed by atoms with E-state index in [1.54, 1.807) is 7.05 Å². The number of hydrogen-bond acceptors (Lipinski definition) is 4. The first-order chi connectivity index (χ1) is 4.76. The van der Waals surface area contributed by atoms with Crippen molar-refractivity contribution >= 4 is 17.5 Å². The largest absolute Gasteiger partial charge is 0.292 e. The second-order valence-electron chi connectivity index (χ2n) is 1.65. The highest BCUT2D eigenvalue weighted by Crippen LogP contribution is 2.11. The number of allylic oxidation sites excluding steroid dienone is 1. The van der Waals surface area contributed by atoms with Crippen molar-refractivity contribution in [1.82, 2.24) is 5.48 Å². The van der Waals surface area contributed by atoms with Crippen LogP contribution in [0.2, 0.25) is 0 Å². The fourth-order valence-corrected chi connectivity index (χ4v) is 1.04. The highest BCUT2D eigenvalue weighted by atomic mass is 32.2. The Morgan fingerprint density at radius 2 is 2.30 bits per heavy atom. The predicted molar refractivity (Wildman–Crippen MR) is 45.6 cm³/mol. The molecule has 0 saturated heterocycles. The monoisotopic (exact) mass is 160 g/mol. The third kappa shape index (κ3) is 2.89. The van der Waals surface area contributed by atoms with Crippen LogP contribution in [0.1, 0.15) is 6.92 Å². The predicted octanol–water partition coefficient (Wildman–Crippen LogP) is 1.26. The second-order valence-corrected chi connectivity index (χ2v) is 2.50. The van der Waals surface area contributed by atoms with Crippen LogP contribution in [0, 0.1) is 0 Å². The zero-order valence-electron chi connectivity index (χ0n) is 6.38. The Morgan fingerprint density at radius 1 is 1.70 bits per heavy atom. The minimum absolute atomic E-state index is 0.911. The molecule has 0 amide bonds. The van der Waals surface area contributed by atoms with Crippen molar-refractivity contribution < 1.29 is 5.21 Å². The first-order valence-electron chi connectivity index (χ1n) is 2.83. The van der Waals surface area contributed by atoms with Gasteiger partial charge in [-0.25, -0.2) is 0 Å².